The highest BCUT2D eigenvalue weighted by Crippen LogP contribution is 2.46. The van der Waals surface area contributed by atoms with Crippen molar-refractivity contribution in [2.45, 2.75) is 12.4 Å². The summed E-state index contributed by atoms with van der Waals surface area (Å²) in [5.41, 5.74) is -0.278. The number of alkyl halides is 6. The van der Waals surface area contributed by atoms with Gasteiger partial charge in [-0.3, -0.25) is 0 Å². The Bertz CT molecular complexity index is 2740. The molecule has 0 amide bonds. The first-order chi connectivity index (χ1) is 24.9. The zero-order valence-electron chi connectivity index (χ0n) is 26.5. The minimum Gasteiger partial charge on any atom is -0.308 e. The SMILES string of the molecule is N#Cc1cc(-n2c3ccccc3c3cc(C#N)ccc32)c(-c2cc(C(F)(F)F)cc(C(F)(F)F)c2)c(-n2c3ccccc3c3cc(C#N)ccc32)c1. The molecule has 2 heterocycles. The highest BCUT2D eigenvalue weighted by atomic mass is 19.4. The summed E-state index contributed by atoms with van der Waals surface area (Å²) in [6.45, 7) is 0. The summed E-state index contributed by atoms with van der Waals surface area (Å²) in [7, 11) is 0. The third kappa shape index (κ3) is 5.01. The van der Waals surface area contributed by atoms with E-state index in [1.54, 1.807) is 94.1 Å². The number of aromatic nitrogens is 2. The van der Waals surface area contributed by atoms with Gasteiger partial charge in [-0.2, -0.15) is 42.1 Å². The summed E-state index contributed by atoms with van der Waals surface area (Å²) >= 11 is 0. The number of para-hydroxylation sites is 2. The van der Waals surface area contributed by atoms with E-state index in [0.717, 1.165) is 0 Å². The Morgan fingerprint density at radius 3 is 1.23 bits per heavy atom. The van der Waals surface area contributed by atoms with E-state index in [9.17, 15) is 42.1 Å². The largest absolute Gasteiger partial charge is 0.416 e. The molecular formula is C41H19F6N5. The van der Waals surface area contributed by atoms with Crippen molar-refractivity contribution >= 4 is 43.6 Å². The van der Waals surface area contributed by atoms with E-state index in [1.807, 2.05) is 0 Å². The van der Waals surface area contributed by atoms with Gasteiger partial charge in [-0.15, -0.1) is 0 Å². The minimum atomic E-state index is -5.13. The van der Waals surface area contributed by atoms with Crippen molar-refractivity contribution in [1.29, 1.82) is 15.8 Å². The smallest absolute Gasteiger partial charge is 0.308 e. The molecule has 11 heteroatoms. The van der Waals surface area contributed by atoms with Crippen LogP contribution in [0.5, 0.6) is 0 Å². The van der Waals surface area contributed by atoms with Crippen molar-refractivity contribution in [2.75, 3.05) is 0 Å². The van der Waals surface area contributed by atoms with Crippen LogP contribution in [0.25, 0.3) is 66.1 Å². The van der Waals surface area contributed by atoms with Crippen molar-refractivity contribution in [2.24, 2.45) is 0 Å². The first-order valence-electron chi connectivity index (χ1n) is 15.7. The van der Waals surface area contributed by atoms with Gasteiger partial charge in [-0.25, -0.2) is 0 Å². The van der Waals surface area contributed by atoms with Gasteiger partial charge in [0.05, 0.1) is 79.5 Å². The van der Waals surface area contributed by atoms with E-state index in [-0.39, 0.29) is 28.6 Å². The predicted octanol–water partition coefficient (Wildman–Crippen LogP) is 11.2. The van der Waals surface area contributed by atoms with Gasteiger partial charge in [0, 0.05) is 27.1 Å². The van der Waals surface area contributed by atoms with Crippen LogP contribution in [-0.2, 0) is 12.4 Å². The van der Waals surface area contributed by atoms with Crippen molar-refractivity contribution in [1.82, 2.24) is 9.13 Å². The second-order valence-electron chi connectivity index (χ2n) is 12.2. The van der Waals surface area contributed by atoms with Gasteiger partial charge in [-0.05, 0) is 84.4 Å². The fraction of sp³-hybridized carbons (Fsp3) is 0.0488. The van der Waals surface area contributed by atoms with Crippen LogP contribution >= 0.6 is 0 Å². The summed E-state index contributed by atoms with van der Waals surface area (Å²) in [5, 5.41) is 32.3. The molecule has 8 aromatic rings. The van der Waals surface area contributed by atoms with Gasteiger partial charge < -0.3 is 9.13 Å². The van der Waals surface area contributed by atoms with Crippen LogP contribution < -0.4 is 0 Å². The third-order valence-electron chi connectivity index (χ3n) is 9.19. The summed E-state index contributed by atoms with van der Waals surface area (Å²) in [5.74, 6) is 0. The Hall–Kier alpha value is -7.03. The standard InChI is InChI=1S/C41H19F6N5/c42-40(43,44)27-17-26(18-28(19-27)41(45,46)47)39-37(51-33-7-3-1-5-29(33)31-13-23(20-48)9-11-35(31)51)15-25(22-50)16-38(39)52-34-8-4-2-6-30(34)32-14-24(21-49)10-12-36(32)52/h1-19H. The number of fused-ring (bicyclic) bond motifs is 6. The van der Waals surface area contributed by atoms with Gasteiger partial charge in [0.15, 0.2) is 0 Å². The molecular weight excluding hydrogens is 676 g/mol. The number of nitrogens with zero attached hydrogens (tertiary/aromatic N) is 5. The average Bonchev–Trinajstić information content (AvgIpc) is 3.65. The lowest BCUT2D eigenvalue weighted by Gasteiger charge is -2.22. The molecule has 2 aromatic heterocycles. The molecule has 52 heavy (non-hydrogen) atoms. The lowest BCUT2D eigenvalue weighted by atomic mass is 9.94. The maximum atomic E-state index is 14.4. The number of halogens is 6. The van der Waals surface area contributed by atoms with Crippen LogP contribution in [0.2, 0.25) is 0 Å². The zero-order chi connectivity index (χ0) is 36.5. The average molecular weight is 696 g/mol. The molecule has 8 rings (SSSR count). The van der Waals surface area contributed by atoms with E-state index in [2.05, 4.69) is 18.2 Å². The van der Waals surface area contributed by atoms with Gasteiger partial charge in [0.1, 0.15) is 0 Å². The first-order valence-corrected chi connectivity index (χ1v) is 15.7. The topological polar surface area (TPSA) is 81.2 Å². The highest BCUT2D eigenvalue weighted by Gasteiger charge is 2.38. The molecule has 0 fully saturated rings. The minimum absolute atomic E-state index is 0.0189. The molecule has 0 radical (unpaired) electrons. The Kier molecular flexibility index (Phi) is 7.13. The van der Waals surface area contributed by atoms with Gasteiger partial charge in [0.25, 0.3) is 0 Å². The Balaban J connectivity index is 1.63. The molecule has 250 valence electrons. The van der Waals surface area contributed by atoms with Crippen LogP contribution in [-0.4, -0.2) is 9.13 Å². The lowest BCUT2D eigenvalue weighted by Crippen LogP contribution is -2.12. The Morgan fingerprint density at radius 1 is 0.423 bits per heavy atom. The maximum absolute atomic E-state index is 14.4. The Morgan fingerprint density at radius 2 is 0.827 bits per heavy atom. The third-order valence-corrected chi connectivity index (χ3v) is 9.19. The van der Waals surface area contributed by atoms with E-state index >= 15 is 0 Å². The normalized spacial score (nSPS) is 12.0. The van der Waals surface area contributed by atoms with Crippen LogP contribution in [0.15, 0.2) is 115 Å². The monoisotopic (exact) mass is 695 g/mol. The molecule has 0 atom stereocenters. The van der Waals surface area contributed by atoms with Crippen molar-refractivity contribution < 1.29 is 26.3 Å². The van der Waals surface area contributed by atoms with Gasteiger partial charge >= 0.3 is 12.4 Å². The number of rotatable bonds is 3. The van der Waals surface area contributed by atoms with E-state index < -0.39 is 29.0 Å². The number of hydrogen-bond acceptors (Lipinski definition) is 3. The molecule has 0 aliphatic carbocycles. The second-order valence-corrected chi connectivity index (χ2v) is 12.2. The van der Waals surface area contributed by atoms with E-state index in [4.69, 9.17) is 0 Å². The van der Waals surface area contributed by atoms with Crippen LogP contribution in [0.3, 0.4) is 0 Å². The van der Waals surface area contributed by atoms with Crippen LogP contribution in [0, 0.1) is 34.0 Å². The maximum Gasteiger partial charge on any atom is 0.416 e. The lowest BCUT2D eigenvalue weighted by molar-refractivity contribution is -0.143. The number of nitriles is 3. The fourth-order valence-corrected chi connectivity index (χ4v) is 7.03. The molecule has 0 N–H and O–H groups in total. The second kappa shape index (κ2) is 11.5. The molecule has 0 aliphatic heterocycles. The molecule has 5 nitrogen and oxygen atoms in total. The van der Waals surface area contributed by atoms with Crippen LogP contribution in [0.4, 0.5) is 26.3 Å². The zero-order valence-corrected chi connectivity index (χ0v) is 26.5. The van der Waals surface area contributed by atoms with Crippen LogP contribution in [0.1, 0.15) is 27.8 Å². The molecule has 0 unspecified atom stereocenters. The van der Waals surface area contributed by atoms with Crippen molar-refractivity contribution in [3.05, 3.63) is 143 Å². The Labute approximate surface area is 290 Å². The molecule has 6 aromatic carbocycles. The summed E-state index contributed by atoms with van der Waals surface area (Å²) in [6, 6.07) is 34.6. The number of benzene rings is 6. The molecule has 0 aliphatic rings. The summed E-state index contributed by atoms with van der Waals surface area (Å²) < 4.78 is 89.9. The predicted molar refractivity (Wildman–Crippen MR) is 185 cm³/mol. The van der Waals surface area contributed by atoms with E-state index in [0.29, 0.717) is 66.9 Å². The molecule has 0 bridgehead atoms. The molecule has 0 spiro atoms. The van der Waals surface area contributed by atoms with Gasteiger partial charge in [0.2, 0.25) is 0 Å². The molecule has 0 saturated carbocycles. The van der Waals surface area contributed by atoms with Crippen molar-refractivity contribution in [3.63, 3.8) is 0 Å². The summed E-state index contributed by atoms with van der Waals surface area (Å²) in [4.78, 5) is 0. The number of hydrogen-bond donors (Lipinski definition) is 0. The quantitative estimate of drug-likeness (QED) is 0.173. The fourth-order valence-electron chi connectivity index (χ4n) is 7.03. The molecule has 0 saturated heterocycles. The van der Waals surface area contributed by atoms with E-state index in [1.165, 1.54) is 12.1 Å². The first kappa shape index (κ1) is 32.2. The van der Waals surface area contributed by atoms with Gasteiger partial charge in [-0.1, -0.05) is 36.4 Å². The highest BCUT2D eigenvalue weighted by molar-refractivity contribution is 6.12. The van der Waals surface area contributed by atoms with Crippen molar-refractivity contribution in [3.8, 4) is 40.7 Å². The summed E-state index contributed by atoms with van der Waals surface area (Å²) in [6.07, 6.45) is -10.3.